The van der Waals surface area contributed by atoms with E-state index in [-0.39, 0.29) is 60.8 Å². The first-order valence-electron chi connectivity index (χ1n) is 19.0. The topological polar surface area (TPSA) is 192 Å². The van der Waals surface area contributed by atoms with Gasteiger partial charge in [-0.1, -0.05) is 59.6 Å². The molecule has 0 aliphatic carbocycles. The van der Waals surface area contributed by atoms with E-state index in [2.05, 4.69) is 42.0 Å². The van der Waals surface area contributed by atoms with E-state index in [1.807, 2.05) is 20.8 Å². The number of nitrogens with one attached hydrogen (secondary N) is 4. The highest BCUT2D eigenvalue weighted by Crippen LogP contribution is 2.34. The number of ether oxygens (including phenoxy) is 1. The number of primary amides is 1. The van der Waals surface area contributed by atoms with Crippen molar-refractivity contribution >= 4 is 41.4 Å². The van der Waals surface area contributed by atoms with Crippen LogP contribution in [0.2, 0.25) is 0 Å². The number of nitrogens with two attached hydrogens (primary N) is 1. The lowest BCUT2D eigenvalue weighted by molar-refractivity contribution is -0.136. The van der Waals surface area contributed by atoms with E-state index in [0.717, 1.165) is 37.7 Å². The number of unbranched alkanes of at least 4 members (excludes halogenated alkanes) is 2. The molecule has 0 radical (unpaired) electrons. The summed E-state index contributed by atoms with van der Waals surface area (Å²) in [6, 6.07) is 4.88. The average Bonchev–Trinajstić information content (AvgIpc) is 3.43. The molecule has 2 aliphatic rings. The molecule has 1 aromatic carbocycles. The number of carbonyl (C=O) groups excluding carboxylic acids is 6. The van der Waals surface area contributed by atoms with Crippen LogP contribution in [0, 0.1) is 17.3 Å². The molecule has 0 bridgehead atoms. The van der Waals surface area contributed by atoms with Crippen LogP contribution >= 0.6 is 0 Å². The summed E-state index contributed by atoms with van der Waals surface area (Å²) in [4.78, 5) is 77.5. The number of piperidine rings is 1. The van der Waals surface area contributed by atoms with Crippen molar-refractivity contribution in [2.24, 2.45) is 23.0 Å². The maximum Gasteiger partial charge on any atom is 0.410 e. The van der Waals surface area contributed by atoms with Gasteiger partial charge in [-0.25, -0.2) is 9.59 Å². The highest BCUT2D eigenvalue weighted by atomic mass is 16.6. The van der Waals surface area contributed by atoms with Gasteiger partial charge in [0.2, 0.25) is 11.8 Å². The number of nitrogens with zero attached hydrogens (tertiary/aromatic N) is 2. The van der Waals surface area contributed by atoms with Gasteiger partial charge < -0.3 is 36.6 Å². The van der Waals surface area contributed by atoms with Crippen LogP contribution in [0.1, 0.15) is 98.5 Å². The van der Waals surface area contributed by atoms with Crippen LogP contribution in [0.4, 0.5) is 15.3 Å². The summed E-state index contributed by atoms with van der Waals surface area (Å²) < 4.78 is 5.57. The Kier molecular flexibility index (Phi) is 16.8. The molecule has 14 heteroatoms. The number of urea groups is 1. The van der Waals surface area contributed by atoms with Crippen molar-refractivity contribution in [1.29, 1.82) is 0 Å². The van der Waals surface area contributed by atoms with E-state index in [4.69, 9.17) is 10.5 Å². The van der Waals surface area contributed by atoms with E-state index < -0.39 is 24.0 Å². The number of imide groups is 1. The molecule has 2 heterocycles. The Balaban J connectivity index is 1.51. The molecule has 53 heavy (non-hydrogen) atoms. The van der Waals surface area contributed by atoms with Crippen molar-refractivity contribution in [3.63, 3.8) is 0 Å². The lowest BCUT2D eigenvalue weighted by Crippen LogP contribution is -2.55. The van der Waals surface area contributed by atoms with Crippen molar-refractivity contribution in [1.82, 2.24) is 25.8 Å². The zero-order valence-electron chi connectivity index (χ0n) is 32.4. The van der Waals surface area contributed by atoms with Crippen molar-refractivity contribution in [3.8, 4) is 0 Å². The summed E-state index contributed by atoms with van der Waals surface area (Å²) in [5, 5.41) is 11.7. The fourth-order valence-electron chi connectivity index (χ4n) is 6.64. The van der Waals surface area contributed by atoms with Crippen LogP contribution in [0.25, 0.3) is 0 Å². The zero-order chi connectivity index (χ0) is 39.1. The van der Waals surface area contributed by atoms with Gasteiger partial charge in [0.05, 0.1) is 6.04 Å². The minimum Gasteiger partial charge on any atom is -0.445 e. The van der Waals surface area contributed by atoms with Gasteiger partial charge in [0.15, 0.2) is 0 Å². The predicted molar refractivity (Wildman–Crippen MR) is 203 cm³/mol. The summed E-state index contributed by atoms with van der Waals surface area (Å²) in [5.41, 5.74) is 6.71. The zero-order valence-corrected chi connectivity index (χ0v) is 32.4. The van der Waals surface area contributed by atoms with Gasteiger partial charge in [0.1, 0.15) is 12.6 Å². The number of hydrogen-bond donors (Lipinski definition) is 5. The van der Waals surface area contributed by atoms with Crippen molar-refractivity contribution in [3.05, 3.63) is 42.0 Å². The van der Waals surface area contributed by atoms with E-state index in [1.165, 1.54) is 17.1 Å². The molecule has 294 valence electrons. The molecule has 6 N–H and O–H groups in total. The van der Waals surface area contributed by atoms with Crippen molar-refractivity contribution < 1.29 is 33.5 Å². The maximum absolute atomic E-state index is 13.6. The van der Waals surface area contributed by atoms with E-state index >= 15 is 0 Å². The molecule has 1 unspecified atom stereocenters. The number of amides is 7. The van der Waals surface area contributed by atoms with Crippen LogP contribution < -0.4 is 27.0 Å². The molecule has 0 spiro atoms. The standard InChI is InChI=1S/C39H61N7O7/c1-26(2)34(42-27(3)11-8-7-9-22-46-32(47)17-18-33(46)48)36(50)44-31(12-10-21-41-37(40)51)35(49)43-30-15-13-28(14-16-30)25-53-38(52)45-23-19-29(20-24-45)39(4,5)6/h13-18,26-27,29,31,34,42H,7-12,19-25H2,1-6H3,(H,43,49)(H,44,50)(H3,40,41,51)/t27?,31-,34-/m0/s1. The Morgan fingerprint density at radius 1 is 0.887 bits per heavy atom. The summed E-state index contributed by atoms with van der Waals surface area (Å²) >= 11 is 0. The van der Waals surface area contributed by atoms with Crippen LogP contribution in [0.5, 0.6) is 0 Å². The monoisotopic (exact) mass is 739 g/mol. The Hall–Kier alpha value is -4.46. The van der Waals surface area contributed by atoms with Gasteiger partial charge in [-0.15, -0.1) is 0 Å². The van der Waals surface area contributed by atoms with Gasteiger partial charge >= 0.3 is 12.1 Å². The SMILES string of the molecule is CC(CCCCCN1C(=O)C=CC1=O)N[C@H](C(=O)N[C@@H](CCCNC(N)=O)C(=O)Nc1ccc(COC(=O)N2CCC(C(C)(C)C)CC2)cc1)C(C)C. The molecular weight excluding hydrogens is 678 g/mol. The normalized spacial score (nSPS) is 16.7. The summed E-state index contributed by atoms with van der Waals surface area (Å²) in [6.45, 7) is 14.7. The third-order valence-corrected chi connectivity index (χ3v) is 10.00. The van der Waals surface area contributed by atoms with Gasteiger partial charge in [-0.3, -0.25) is 24.1 Å². The lowest BCUT2D eigenvalue weighted by atomic mass is 9.75. The summed E-state index contributed by atoms with van der Waals surface area (Å²) in [5.74, 6) is -0.769. The van der Waals surface area contributed by atoms with Gasteiger partial charge in [0, 0.05) is 50.1 Å². The van der Waals surface area contributed by atoms with Crippen LogP contribution in [-0.4, -0.2) is 89.9 Å². The van der Waals surface area contributed by atoms with Crippen LogP contribution in [0.3, 0.4) is 0 Å². The van der Waals surface area contributed by atoms with E-state index in [1.54, 1.807) is 29.2 Å². The molecule has 0 saturated carbocycles. The highest BCUT2D eigenvalue weighted by molar-refractivity contribution is 6.12. The first-order chi connectivity index (χ1) is 25.0. The highest BCUT2D eigenvalue weighted by Gasteiger charge is 2.31. The number of benzene rings is 1. The number of carbonyl (C=O) groups is 6. The molecule has 2 aliphatic heterocycles. The minimum absolute atomic E-state index is 0.00428. The third kappa shape index (κ3) is 14.5. The van der Waals surface area contributed by atoms with Gasteiger partial charge in [-0.2, -0.15) is 0 Å². The fourth-order valence-corrected chi connectivity index (χ4v) is 6.64. The van der Waals surface area contributed by atoms with Crippen LogP contribution in [0.15, 0.2) is 36.4 Å². The summed E-state index contributed by atoms with van der Waals surface area (Å²) in [6.07, 6.45) is 7.98. The smallest absolute Gasteiger partial charge is 0.410 e. The fraction of sp³-hybridized carbons (Fsp3) is 0.641. The largest absolute Gasteiger partial charge is 0.445 e. The molecule has 7 amide bonds. The number of hydrogen-bond acceptors (Lipinski definition) is 8. The maximum atomic E-state index is 13.6. The second kappa shape index (κ2) is 20.7. The second-order valence-corrected chi connectivity index (χ2v) is 15.7. The molecule has 3 rings (SSSR count). The first kappa shape index (κ1) is 42.9. The number of likely N-dealkylation sites (tertiary alicyclic amines) is 1. The van der Waals surface area contributed by atoms with Crippen LogP contribution in [-0.2, 0) is 30.5 Å². The molecule has 3 atom stereocenters. The summed E-state index contributed by atoms with van der Waals surface area (Å²) in [7, 11) is 0. The average molecular weight is 740 g/mol. The molecular formula is C39H61N7O7. The Bertz CT molecular complexity index is 1410. The number of rotatable bonds is 19. The van der Waals surface area contributed by atoms with E-state index in [9.17, 15) is 28.8 Å². The number of anilines is 1. The van der Waals surface area contributed by atoms with Crippen molar-refractivity contribution in [2.75, 3.05) is 31.5 Å². The lowest BCUT2D eigenvalue weighted by Gasteiger charge is -2.38. The van der Waals surface area contributed by atoms with E-state index in [0.29, 0.717) is 44.1 Å². The molecule has 1 fully saturated rings. The second-order valence-electron chi connectivity index (χ2n) is 15.7. The molecule has 1 saturated heterocycles. The molecule has 0 aromatic heterocycles. The Labute approximate surface area is 314 Å². The minimum atomic E-state index is -0.885. The Morgan fingerprint density at radius 3 is 2.11 bits per heavy atom. The quantitative estimate of drug-likeness (QED) is 0.102. The van der Waals surface area contributed by atoms with Crippen molar-refractivity contribution in [2.45, 2.75) is 118 Å². The third-order valence-electron chi connectivity index (χ3n) is 10.00. The van der Waals surface area contributed by atoms with Gasteiger partial charge in [0.25, 0.3) is 11.8 Å². The first-order valence-corrected chi connectivity index (χ1v) is 19.0. The molecule has 14 nitrogen and oxygen atoms in total. The molecule has 1 aromatic rings. The Morgan fingerprint density at radius 2 is 1.53 bits per heavy atom. The predicted octanol–water partition coefficient (Wildman–Crippen LogP) is 4.44. The van der Waals surface area contributed by atoms with Gasteiger partial charge in [-0.05, 0) is 80.4 Å².